The maximum Gasteiger partial charge on any atom is 0.252 e. The summed E-state index contributed by atoms with van der Waals surface area (Å²) in [5.41, 5.74) is 0.198. The third-order valence-electron chi connectivity index (χ3n) is 6.89. The van der Waals surface area contributed by atoms with Crippen LogP contribution in [0.1, 0.15) is 36.0 Å². The molecule has 2 aliphatic heterocycles. The average molecular weight is 433 g/mol. The molecule has 0 radical (unpaired) electrons. The lowest BCUT2D eigenvalue weighted by molar-refractivity contribution is -0.136. The number of piperazine rings is 1. The molecular formula is C23H33FN4O3. The zero-order valence-electron chi connectivity index (χ0n) is 18.5. The first-order chi connectivity index (χ1) is 15.0. The predicted octanol–water partition coefficient (Wildman–Crippen LogP) is 1.58. The number of ether oxygens (including phenoxy) is 1. The molecule has 7 nitrogen and oxygen atoms in total. The van der Waals surface area contributed by atoms with E-state index in [9.17, 15) is 14.0 Å². The molecule has 3 fully saturated rings. The van der Waals surface area contributed by atoms with Crippen LogP contribution in [-0.2, 0) is 4.79 Å². The van der Waals surface area contributed by atoms with Gasteiger partial charge in [0.05, 0.1) is 7.11 Å². The second kappa shape index (κ2) is 9.53. The van der Waals surface area contributed by atoms with E-state index in [1.54, 1.807) is 0 Å². The van der Waals surface area contributed by atoms with Crippen molar-refractivity contribution in [2.24, 2.45) is 5.92 Å². The molecule has 0 unspecified atom stereocenters. The zero-order chi connectivity index (χ0) is 22.0. The quantitative estimate of drug-likeness (QED) is 0.740. The molecular weight excluding hydrogens is 399 g/mol. The molecule has 1 atom stereocenters. The summed E-state index contributed by atoms with van der Waals surface area (Å²) >= 11 is 0. The smallest absolute Gasteiger partial charge is 0.252 e. The van der Waals surface area contributed by atoms with E-state index in [1.165, 1.54) is 32.1 Å². The average Bonchev–Trinajstić information content (AvgIpc) is 3.63. The molecule has 0 aromatic heterocycles. The van der Waals surface area contributed by atoms with Gasteiger partial charge in [0.2, 0.25) is 5.91 Å². The number of amides is 2. The number of hydrogen-bond donors (Lipinski definition) is 1. The van der Waals surface area contributed by atoms with E-state index in [0.717, 1.165) is 45.1 Å². The first kappa shape index (κ1) is 22.0. The first-order valence-corrected chi connectivity index (χ1v) is 11.3. The van der Waals surface area contributed by atoms with E-state index in [4.69, 9.17) is 4.74 Å². The summed E-state index contributed by atoms with van der Waals surface area (Å²) in [5.74, 6) is -0.751. The van der Waals surface area contributed by atoms with Gasteiger partial charge in [-0.1, -0.05) is 0 Å². The van der Waals surface area contributed by atoms with Crippen molar-refractivity contribution in [2.75, 3.05) is 53.4 Å². The van der Waals surface area contributed by atoms with Crippen LogP contribution in [0.5, 0.6) is 5.75 Å². The van der Waals surface area contributed by atoms with Gasteiger partial charge >= 0.3 is 0 Å². The molecule has 8 heteroatoms. The van der Waals surface area contributed by atoms with Gasteiger partial charge in [-0.3, -0.25) is 14.5 Å². The fourth-order valence-corrected chi connectivity index (χ4v) is 4.71. The minimum Gasteiger partial charge on any atom is -0.494 e. The van der Waals surface area contributed by atoms with Gasteiger partial charge in [0.15, 0.2) is 11.6 Å². The summed E-state index contributed by atoms with van der Waals surface area (Å²) in [6, 6.07) is 4.18. The Morgan fingerprint density at radius 2 is 1.74 bits per heavy atom. The summed E-state index contributed by atoms with van der Waals surface area (Å²) in [5, 5.41) is 2.88. The van der Waals surface area contributed by atoms with E-state index in [2.05, 4.69) is 22.2 Å². The highest BCUT2D eigenvalue weighted by Gasteiger charge is 2.40. The second-order valence-electron chi connectivity index (χ2n) is 9.03. The van der Waals surface area contributed by atoms with Crippen molar-refractivity contribution in [3.05, 3.63) is 29.6 Å². The maximum absolute atomic E-state index is 14.0. The van der Waals surface area contributed by atoms with Gasteiger partial charge in [0.25, 0.3) is 5.91 Å². The SMILES string of the molecule is COc1ccc(C(=O)N[C@@H](C(=O)N2CCN(C3CCN(C)CC3)CC2)C2CC2)cc1F. The highest BCUT2D eigenvalue weighted by Crippen LogP contribution is 2.34. The van der Waals surface area contributed by atoms with Crippen LogP contribution in [0, 0.1) is 11.7 Å². The fourth-order valence-electron chi connectivity index (χ4n) is 4.71. The molecule has 2 heterocycles. The molecule has 2 amide bonds. The van der Waals surface area contributed by atoms with Crippen LogP contribution in [0.25, 0.3) is 0 Å². The third-order valence-corrected chi connectivity index (χ3v) is 6.89. The van der Waals surface area contributed by atoms with E-state index in [-0.39, 0.29) is 23.1 Å². The first-order valence-electron chi connectivity index (χ1n) is 11.3. The molecule has 1 N–H and O–H groups in total. The number of carbonyl (C=O) groups excluding carboxylic acids is 2. The number of methoxy groups -OCH3 is 1. The minimum absolute atomic E-state index is 0.00661. The Hall–Kier alpha value is -2.19. The largest absolute Gasteiger partial charge is 0.494 e. The standard InChI is InChI=1S/C23H33FN4O3/c1-26-9-7-18(8-10-26)27-11-13-28(14-12-27)23(30)21(16-3-4-16)25-22(29)17-5-6-20(31-2)19(24)15-17/h5-6,15-16,18,21H,3-4,7-14H2,1-2H3,(H,25,29)/t21-/m1/s1. The number of hydrogen-bond acceptors (Lipinski definition) is 5. The maximum atomic E-state index is 14.0. The van der Waals surface area contributed by atoms with Crippen molar-refractivity contribution < 1.29 is 18.7 Å². The summed E-state index contributed by atoms with van der Waals surface area (Å²) in [6.07, 6.45) is 4.24. The molecule has 1 saturated carbocycles. The number of halogens is 1. The molecule has 31 heavy (non-hydrogen) atoms. The summed E-state index contributed by atoms with van der Waals surface area (Å²) in [7, 11) is 3.55. The van der Waals surface area contributed by atoms with Crippen molar-refractivity contribution in [1.82, 2.24) is 20.0 Å². The van der Waals surface area contributed by atoms with Gasteiger partial charge < -0.3 is 19.9 Å². The van der Waals surface area contributed by atoms with Crippen molar-refractivity contribution in [1.29, 1.82) is 0 Å². The molecule has 3 aliphatic rings. The number of carbonyl (C=O) groups is 2. The number of rotatable bonds is 6. The Labute approximate surface area is 183 Å². The molecule has 1 aromatic carbocycles. The van der Waals surface area contributed by atoms with E-state index in [0.29, 0.717) is 19.1 Å². The molecule has 0 spiro atoms. The van der Waals surface area contributed by atoms with Crippen LogP contribution in [0.2, 0.25) is 0 Å². The zero-order valence-corrected chi connectivity index (χ0v) is 18.5. The van der Waals surface area contributed by atoms with Gasteiger partial charge in [0.1, 0.15) is 6.04 Å². The van der Waals surface area contributed by atoms with Gasteiger partial charge in [-0.2, -0.15) is 0 Å². The number of piperidine rings is 1. The van der Waals surface area contributed by atoms with Crippen molar-refractivity contribution in [2.45, 2.75) is 37.8 Å². The Morgan fingerprint density at radius 3 is 2.32 bits per heavy atom. The van der Waals surface area contributed by atoms with Gasteiger partial charge in [0, 0.05) is 37.8 Å². The van der Waals surface area contributed by atoms with E-state index >= 15 is 0 Å². The third kappa shape index (κ3) is 5.18. The van der Waals surface area contributed by atoms with E-state index in [1.807, 2.05) is 4.90 Å². The fraction of sp³-hybridized carbons (Fsp3) is 0.652. The summed E-state index contributed by atoms with van der Waals surface area (Å²) in [6.45, 7) is 5.42. The molecule has 170 valence electrons. The highest BCUT2D eigenvalue weighted by atomic mass is 19.1. The Morgan fingerprint density at radius 1 is 1.06 bits per heavy atom. The minimum atomic E-state index is -0.588. The van der Waals surface area contributed by atoms with Crippen LogP contribution in [0.3, 0.4) is 0 Å². The molecule has 1 aromatic rings. The van der Waals surface area contributed by atoms with Crippen LogP contribution in [0.4, 0.5) is 4.39 Å². The van der Waals surface area contributed by atoms with Gasteiger partial charge in [-0.05, 0) is 69.9 Å². The lowest BCUT2D eigenvalue weighted by Crippen LogP contribution is -2.58. The lowest BCUT2D eigenvalue weighted by Gasteiger charge is -2.42. The monoisotopic (exact) mass is 432 g/mol. The Balaban J connectivity index is 1.34. The van der Waals surface area contributed by atoms with Crippen molar-refractivity contribution >= 4 is 11.8 Å². The lowest BCUT2D eigenvalue weighted by atomic mass is 10.0. The highest BCUT2D eigenvalue weighted by molar-refractivity contribution is 5.97. The second-order valence-corrected chi connectivity index (χ2v) is 9.03. The van der Waals surface area contributed by atoms with Crippen LogP contribution >= 0.6 is 0 Å². The normalized spacial score (nSPS) is 22.2. The Bertz CT molecular complexity index is 800. The molecule has 0 bridgehead atoms. The topological polar surface area (TPSA) is 65.1 Å². The van der Waals surface area contributed by atoms with Crippen molar-refractivity contribution in [3.8, 4) is 5.75 Å². The van der Waals surface area contributed by atoms with Crippen LogP contribution in [-0.4, -0.2) is 92.0 Å². The number of nitrogens with zero attached hydrogens (tertiary/aromatic N) is 3. The molecule has 2 saturated heterocycles. The summed E-state index contributed by atoms with van der Waals surface area (Å²) < 4.78 is 18.9. The van der Waals surface area contributed by atoms with Crippen LogP contribution < -0.4 is 10.1 Å². The predicted molar refractivity (Wildman–Crippen MR) is 116 cm³/mol. The Kier molecular flexibility index (Phi) is 6.77. The summed E-state index contributed by atoms with van der Waals surface area (Å²) in [4.78, 5) is 32.7. The van der Waals surface area contributed by atoms with Crippen molar-refractivity contribution in [3.63, 3.8) is 0 Å². The van der Waals surface area contributed by atoms with Gasteiger partial charge in [-0.15, -0.1) is 0 Å². The number of likely N-dealkylation sites (tertiary alicyclic amines) is 1. The van der Waals surface area contributed by atoms with E-state index < -0.39 is 17.8 Å². The number of nitrogens with one attached hydrogen (secondary N) is 1. The van der Waals surface area contributed by atoms with Crippen LogP contribution in [0.15, 0.2) is 18.2 Å². The van der Waals surface area contributed by atoms with Gasteiger partial charge in [-0.25, -0.2) is 4.39 Å². The number of benzene rings is 1. The molecule has 4 rings (SSSR count). The molecule has 1 aliphatic carbocycles.